The molecular weight excluding hydrogens is 323 g/mol. The Kier molecular flexibility index (Phi) is 5.42. The number of hydrogen-bond acceptors (Lipinski definition) is 3. The van der Waals surface area contributed by atoms with E-state index in [2.05, 4.69) is 10.1 Å². The Morgan fingerprint density at radius 1 is 1.33 bits per heavy atom. The summed E-state index contributed by atoms with van der Waals surface area (Å²) in [5.74, 6) is -1.02. The summed E-state index contributed by atoms with van der Waals surface area (Å²) in [7, 11) is 0. The third-order valence-corrected chi connectivity index (χ3v) is 4.20. The number of rotatable bonds is 7. The van der Waals surface area contributed by atoms with Gasteiger partial charge in [0.1, 0.15) is 5.75 Å². The topological polar surface area (TPSA) is 58.6 Å². The van der Waals surface area contributed by atoms with Gasteiger partial charge in [-0.2, -0.15) is 0 Å². The van der Waals surface area contributed by atoms with Gasteiger partial charge in [-0.25, -0.2) is 0 Å². The molecule has 0 heterocycles. The molecule has 2 N–H and O–H groups in total. The molecule has 0 spiro atoms. The quantitative estimate of drug-likeness (QED) is 0.798. The number of carbonyl (C=O) groups is 1. The number of carbonyl (C=O) groups excluding carboxylic acids is 1. The van der Waals surface area contributed by atoms with Crippen molar-refractivity contribution in [1.29, 1.82) is 0 Å². The lowest BCUT2D eigenvalue weighted by molar-refractivity contribution is -0.274. The van der Waals surface area contributed by atoms with Crippen LogP contribution in [0.25, 0.3) is 0 Å². The third kappa shape index (κ3) is 5.12. The highest BCUT2D eigenvalue weighted by molar-refractivity contribution is 5.83. The average molecular weight is 345 g/mol. The number of halogens is 3. The van der Waals surface area contributed by atoms with Crippen LogP contribution < -0.4 is 10.1 Å². The van der Waals surface area contributed by atoms with Crippen LogP contribution in [-0.2, 0) is 4.79 Å². The van der Waals surface area contributed by atoms with E-state index < -0.39 is 6.36 Å². The van der Waals surface area contributed by atoms with Gasteiger partial charge in [0.2, 0.25) is 5.91 Å². The molecule has 24 heavy (non-hydrogen) atoms. The van der Waals surface area contributed by atoms with Gasteiger partial charge in [-0.1, -0.05) is 32.0 Å². The Morgan fingerprint density at radius 3 is 2.62 bits per heavy atom. The number of amides is 1. The van der Waals surface area contributed by atoms with Crippen LogP contribution in [0.5, 0.6) is 5.75 Å². The van der Waals surface area contributed by atoms with Crippen molar-refractivity contribution in [2.24, 2.45) is 11.3 Å². The molecule has 2 unspecified atom stereocenters. The zero-order chi connectivity index (χ0) is 18.0. The van der Waals surface area contributed by atoms with Gasteiger partial charge < -0.3 is 15.2 Å². The molecule has 0 aromatic heterocycles. The maximum atomic E-state index is 12.5. The van der Waals surface area contributed by atoms with E-state index in [1.807, 2.05) is 13.8 Å². The molecule has 0 bridgehead atoms. The molecule has 4 nitrogen and oxygen atoms in total. The van der Waals surface area contributed by atoms with E-state index in [-0.39, 0.29) is 35.5 Å². The van der Waals surface area contributed by atoms with E-state index in [1.165, 1.54) is 12.1 Å². The highest BCUT2D eigenvalue weighted by atomic mass is 19.4. The van der Waals surface area contributed by atoms with E-state index >= 15 is 0 Å². The number of aliphatic hydroxyl groups is 1. The predicted octanol–water partition coefficient (Wildman–Crippen LogP) is 3.21. The summed E-state index contributed by atoms with van der Waals surface area (Å²) in [5, 5.41) is 11.8. The molecule has 1 aromatic rings. The molecule has 1 fully saturated rings. The van der Waals surface area contributed by atoms with E-state index in [4.69, 9.17) is 5.11 Å². The molecule has 1 aromatic carbocycles. The van der Waals surface area contributed by atoms with Crippen LogP contribution in [0.4, 0.5) is 13.2 Å². The minimum atomic E-state index is -4.75. The molecule has 1 aliphatic rings. The summed E-state index contributed by atoms with van der Waals surface area (Å²) in [6.45, 7) is 4.31. The van der Waals surface area contributed by atoms with E-state index in [9.17, 15) is 18.0 Å². The fourth-order valence-electron chi connectivity index (χ4n) is 2.68. The molecule has 1 aliphatic carbocycles. The Hall–Kier alpha value is -1.76. The molecule has 0 saturated heterocycles. The molecule has 0 radical (unpaired) electrons. The van der Waals surface area contributed by atoms with Crippen molar-refractivity contribution in [3.05, 3.63) is 29.8 Å². The number of benzene rings is 1. The van der Waals surface area contributed by atoms with Gasteiger partial charge in [0.15, 0.2) is 0 Å². The van der Waals surface area contributed by atoms with Gasteiger partial charge in [-0.3, -0.25) is 4.79 Å². The second-order valence-electron chi connectivity index (χ2n) is 6.89. The van der Waals surface area contributed by atoms with Crippen LogP contribution in [0.1, 0.15) is 38.2 Å². The smallest absolute Gasteiger partial charge is 0.405 e. The minimum Gasteiger partial charge on any atom is -0.405 e. The van der Waals surface area contributed by atoms with Crippen LogP contribution in [0.2, 0.25) is 0 Å². The van der Waals surface area contributed by atoms with Crippen LogP contribution in [0, 0.1) is 11.3 Å². The molecule has 1 saturated carbocycles. The normalized spacial score (nSPS) is 20.6. The molecule has 7 heteroatoms. The fraction of sp³-hybridized carbons (Fsp3) is 0.588. The van der Waals surface area contributed by atoms with Crippen LogP contribution >= 0.6 is 0 Å². The minimum absolute atomic E-state index is 0.0388. The van der Waals surface area contributed by atoms with E-state index in [1.54, 1.807) is 12.1 Å². The highest BCUT2D eigenvalue weighted by Gasteiger charge is 2.46. The lowest BCUT2D eigenvalue weighted by atomic mass is 9.89. The molecule has 1 amide bonds. The zero-order valence-corrected chi connectivity index (χ0v) is 13.7. The highest BCUT2D eigenvalue weighted by Crippen LogP contribution is 2.51. The monoisotopic (exact) mass is 345 g/mol. The van der Waals surface area contributed by atoms with Gasteiger partial charge in [-0.15, -0.1) is 13.2 Å². The Bertz CT molecular complexity index is 587. The Labute approximate surface area is 139 Å². The summed E-state index contributed by atoms with van der Waals surface area (Å²) < 4.78 is 41.4. The first-order valence-electron chi connectivity index (χ1n) is 7.86. The second kappa shape index (κ2) is 7.01. The molecule has 2 atom stereocenters. The van der Waals surface area contributed by atoms with E-state index in [0.717, 1.165) is 0 Å². The molecule has 134 valence electrons. The molecule has 0 aliphatic heterocycles. The number of aliphatic hydroxyl groups excluding tert-OH is 1. The molecular formula is C17H22F3NO3. The van der Waals surface area contributed by atoms with Crippen molar-refractivity contribution in [3.8, 4) is 5.75 Å². The largest absolute Gasteiger partial charge is 0.573 e. The van der Waals surface area contributed by atoms with Crippen LogP contribution in [0.3, 0.4) is 0 Å². The predicted molar refractivity (Wildman–Crippen MR) is 82.5 cm³/mol. The van der Waals surface area contributed by atoms with Gasteiger partial charge in [0.05, 0.1) is 0 Å². The lowest BCUT2D eigenvalue weighted by Crippen LogP contribution is -2.35. The lowest BCUT2D eigenvalue weighted by Gasteiger charge is -2.23. The van der Waals surface area contributed by atoms with Crippen molar-refractivity contribution in [2.45, 2.75) is 39.0 Å². The molecule has 2 rings (SSSR count). The summed E-state index contributed by atoms with van der Waals surface area (Å²) in [5.41, 5.74) is 0.177. The summed E-state index contributed by atoms with van der Waals surface area (Å²) >= 11 is 0. The number of nitrogens with one attached hydrogen (secondary N) is 1. The van der Waals surface area contributed by atoms with Crippen LogP contribution in [0.15, 0.2) is 24.3 Å². The van der Waals surface area contributed by atoms with Gasteiger partial charge in [0.25, 0.3) is 0 Å². The number of ether oxygens (including phenoxy) is 1. The first kappa shape index (κ1) is 18.6. The summed E-state index contributed by atoms with van der Waals surface area (Å²) in [6.07, 6.45) is -3.69. The van der Waals surface area contributed by atoms with Crippen molar-refractivity contribution < 1.29 is 27.8 Å². The SMILES string of the molecule is CC(C)(CCO)CNC(=O)C1CC1c1ccccc1OC(F)(F)F. The van der Waals surface area contributed by atoms with E-state index in [0.29, 0.717) is 24.9 Å². The maximum Gasteiger partial charge on any atom is 0.573 e. The first-order valence-corrected chi connectivity index (χ1v) is 7.86. The van der Waals surface area contributed by atoms with Gasteiger partial charge in [0, 0.05) is 19.1 Å². The Morgan fingerprint density at radius 2 is 2.00 bits per heavy atom. The van der Waals surface area contributed by atoms with Crippen molar-refractivity contribution in [3.63, 3.8) is 0 Å². The standard InChI is InChI=1S/C17H22F3NO3/c1-16(2,7-8-22)10-21-15(23)13-9-12(13)11-5-3-4-6-14(11)24-17(18,19)20/h3-6,12-13,22H,7-10H2,1-2H3,(H,21,23). The second-order valence-corrected chi connectivity index (χ2v) is 6.89. The first-order chi connectivity index (χ1) is 11.1. The van der Waals surface area contributed by atoms with Crippen LogP contribution in [-0.4, -0.2) is 30.5 Å². The third-order valence-electron chi connectivity index (χ3n) is 4.20. The Balaban J connectivity index is 1.97. The average Bonchev–Trinajstić information content (AvgIpc) is 3.24. The van der Waals surface area contributed by atoms with Crippen molar-refractivity contribution in [2.75, 3.05) is 13.2 Å². The number of para-hydroxylation sites is 1. The summed E-state index contributed by atoms with van der Waals surface area (Å²) in [4.78, 5) is 12.2. The van der Waals surface area contributed by atoms with Gasteiger partial charge >= 0.3 is 6.36 Å². The number of hydrogen-bond donors (Lipinski definition) is 2. The maximum absolute atomic E-state index is 12.5. The van der Waals surface area contributed by atoms with Gasteiger partial charge in [-0.05, 0) is 35.8 Å². The van der Waals surface area contributed by atoms with Crippen molar-refractivity contribution >= 4 is 5.91 Å². The van der Waals surface area contributed by atoms with Crippen molar-refractivity contribution in [1.82, 2.24) is 5.32 Å². The number of alkyl halides is 3. The zero-order valence-electron chi connectivity index (χ0n) is 13.7. The summed E-state index contributed by atoms with van der Waals surface area (Å²) in [6, 6.07) is 5.94. The fourth-order valence-corrected chi connectivity index (χ4v) is 2.68.